The fraction of sp³-hybridized carbons (Fsp3) is 0.308. The van der Waals surface area contributed by atoms with Gasteiger partial charge in [-0.15, -0.1) is 6.58 Å². The van der Waals surface area contributed by atoms with Crippen LogP contribution in [0, 0.1) is 0 Å². The minimum absolute atomic E-state index is 0.159. The first-order chi connectivity index (χ1) is 9.30. The summed E-state index contributed by atoms with van der Waals surface area (Å²) < 4.78 is 25.6. The van der Waals surface area contributed by atoms with E-state index in [2.05, 4.69) is 6.58 Å². The minimum atomic E-state index is -3.77. The number of hydrogen-bond acceptors (Lipinski definition) is 4. The highest BCUT2D eigenvalue weighted by Gasteiger charge is 2.22. The van der Waals surface area contributed by atoms with Crippen LogP contribution < -0.4 is 0 Å². The van der Waals surface area contributed by atoms with Crippen molar-refractivity contribution in [3.05, 3.63) is 36.4 Å². The predicted octanol–water partition coefficient (Wildman–Crippen LogP) is 1.68. The summed E-state index contributed by atoms with van der Waals surface area (Å²) in [6.45, 7) is 3.86. The average molecular weight is 299 g/mol. The average Bonchev–Trinajstić information content (AvgIpc) is 2.38. The third-order valence-electron chi connectivity index (χ3n) is 2.79. The van der Waals surface area contributed by atoms with Gasteiger partial charge in [0.15, 0.2) is 0 Å². The molecule has 0 unspecified atom stereocenters. The van der Waals surface area contributed by atoms with Crippen LogP contribution in [0.25, 0.3) is 0 Å². The molecular weight excluding hydrogens is 282 g/mol. The van der Waals surface area contributed by atoms with Gasteiger partial charge < -0.3 is 10.2 Å². The summed E-state index contributed by atoms with van der Waals surface area (Å²) in [6, 6.07) is 3.20. The van der Waals surface area contributed by atoms with Gasteiger partial charge >= 0.3 is 5.97 Å². The monoisotopic (exact) mass is 299 g/mol. The molecular formula is C13H17NO5S. The number of nitrogens with zero attached hydrogens (tertiary/aromatic N) is 1. The molecule has 0 saturated carbocycles. The maximum absolute atomic E-state index is 12.2. The number of phenols is 1. The first-order valence-electron chi connectivity index (χ1n) is 5.94. The zero-order valence-corrected chi connectivity index (χ0v) is 11.9. The first kappa shape index (κ1) is 16.2. The standard InChI is InChI=1S/C13H17NO5S/c1-3-4-5-8-14(2)20(18,19)10-6-7-12(15)11(9-10)13(16)17/h3,6-7,9,15H,1,4-5,8H2,2H3,(H,16,17). The Balaban J connectivity index is 3.06. The van der Waals surface area contributed by atoms with E-state index in [0.29, 0.717) is 19.4 Å². The lowest BCUT2D eigenvalue weighted by molar-refractivity contribution is 0.0693. The van der Waals surface area contributed by atoms with Gasteiger partial charge in [-0.05, 0) is 31.0 Å². The Bertz CT molecular complexity index is 609. The number of benzene rings is 1. The molecule has 2 N–H and O–H groups in total. The van der Waals surface area contributed by atoms with Gasteiger partial charge in [0, 0.05) is 13.6 Å². The second kappa shape index (κ2) is 6.53. The SMILES string of the molecule is C=CCCCN(C)S(=O)(=O)c1ccc(O)c(C(=O)O)c1. The Hall–Kier alpha value is -1.86. The van der Waals surface area contributed by atoms with Crippen molar-refractivity contribution in [1.29, 1.82) is 0 Å². The maximum atomic E-state index is 12.2. The lowest BCUT2D eigenvalue weighted by Gasteiger charge is -2.17. The summed E-state index contributed by atoms with van der Waals surface area (Å²) >= 11 is 0. The molecule has 0 fully saturated rings. The largest absolute Gasteiger partial charge is 0.507 e. The van der Waals surface area contributed by atoms with E-state index in [1.54, 1.807) is 6.08 Å². The molecule has 0 aliphatic heterocycles. The normalized spacial score (nSPS) is 11.5. The van der Waals surface area contributed by atoms with Gasteiger partial charge in [0.1, 0.15) is 11.3 Å². The summed E-state index contributed by atoms with van der Waals surface area (Å²) in [5, 5.41) is 18.3. The highest BCUT2D eigenvalue weighted by atomic mass is 32.2. The molecule has 20 heavy (non-hydrogen) atoms. The van der Waals surface area contributed by atoms with Crippen LogP contribution in [0.5, 0.6) is 5.75 Å². The molecule has 0 aliphatic carbocycles. The van der Waals surface area contributed by atoms with Crippen molar-refractivity contribution < 1.29 is 23.4 Å². The van der Waals surface area contributed by atoms with Gasteiger partial charge in [-0.25, -0.2) is 17.5 Å². The third kappa shape index (κ3) is 3.58. The van der Waals surface area contributed by atoms with E-state index >= 15 is 0 Å². The van der Waals surface area contributed by atoms with Gasteiger partial charge in [-0.3, -0.25) is 0 Å². The van der Waals surface area contributed by atoms with E-state index in [4.69, 9.17) is 5.11 Å². The van der Waals surface area contributed by atoms with E-state index in [0.717, 1.165) is 16.4 Å². The Kier molecular flexibility index (Phi) is 5.29. The van der Waals surface area contributed by atoms with Gasteiger partial charge in [-0.1, -0.05) is 6.08 Å². The molecule has 0 spiro atoms. The molecule has 0 aliphatic rings. The maximum Gasteiger partial charge on any atom is 0.339 e. The van der Waals surface area contributed by atoms with Gasteiger partial charge in [0.05, 0.1) is 4.90 Å². The number of rotatable bonds is 7. The molecule has 0 saturated heterocycles. The van der Waals surface area contributed by atoms with E-state index in [1.165, 1.54) is 13.1 Å². The highest BCUT2D eigenvalue weighted by molar-refractivity contribution is 7.89. The van der Waals surface area contributed by atoms with E-state index < -0.39 is 27.3 Å². The van der Waals surface area contributed by atoms with Crippen molar-refractivity contribution in [2.45, 2.75) is 17.7 Å². The number of aromatic carboxylic acids is 1. The Morgan fingerprint density at radius 1 is 1.45 bits per heavy atom. The van der Waals surface area contributed by atoms with E-state index in [1.807, 2.05) is 0 Å². The molecule has 0 bridgehead atoms. The van der Waals surface area contributed by atoms with Crippen molar-refractivity contribution in [2.24, 2.45) is 0 Å². The van der Waals surface area contributed by atoms with Crippen LogP contribution in [-0.4, -0.2) is 42.5 Å². The summed E-state index contributed by atoms with van der Waals surface area (Å²) in [5.41, 5.74) is -0.439. The third-order valence-corrected chi connectivity index (χ3v) is 4.64. The molecule has 110 valence electrons. The van der Waals surface area contributed by atoms with E-state index in [-0.39, 0.29) is 4.90 Å². The second-order valence-electron chi connectivity index (χ2n) is 4.24. The molecule has 7 heteroatoms. The first-order valence-corrected chi connectivity index (χ1v) is 7.38. The zero-order valence-electron chi connectivity index (χ0n) is 11.1. The molecule has 1 aromatic rings. The van der Waals surface area contributed by atoms with E-state index in [9.17, 15) is 18.3 Å². The van der Waals surface area contributed by atoms with Crippen LogP contribution in [0.2, 0.25) is 0 Å². The topological polar surface area (TPSA) is 94.9 Å². The predicted molar refractivity (Wildman–Crippen MR) is 74.3 cm³/mol. The van der Waals surface area contributed by atoms with Crippen LogP contribution in [-0.2, 0) is 10.0 Å². The summed E-state index contributed by atoms with van der Waals surface area (Å²) in [5.74, 6) is -1.85. The quantitative estimate of drug-likeness (QED) is 0.590. The van der Waals surface area contributed by atoms with Crippen molar-refractivity contribution >= 4 is 16.0 Å². The van der Waals surface area contributed by atoms with Crippen molar-refractivity contribution in [3.63, 3.8) is 0 Å². The zero-order chi connectivity index (χ0) is 15.3. The number of carbonyl (C=O) groups is 1. The fourth-order valence-corrected chi connectivity index (χ4v) is 2.84. The molecule has 0 radical (unpaired) electrons. The number of allylic oxidation sites excluding steroid dienone is 1. The molecule has 1 aromatic carbocycles. The number of carboxylic acid groups (broad SMARTS) is 1. The minimum Gasteiger partial charge on any atom is -0.507 e. The van der Waals surface area contributed by atoms with Crippen LogP contribution >= 0.6 is 0 Å². The van der Waals surface area contributed by atoms with Crippen LogP contribution in [0.4, 0.5) is 0 Å². The Labute approximate surface area is 118 Å². The summed E-state index contributed by atoms with van der Waals surface area (Å²) in [7, 11) is -2.35. The van der Waals surface area contributed by atoms with Crippen molar-refractivity contribution in [3.8, 4) is 5.75 Å². The number of sulfonamides is 1. The van der Waals surface area contributed by atoms with Gasteiger partial charge in [-0.2, -0.15) is 0 Å². The molecule has 0 aromatic heterocycles. The fourth-order valence-electron chi connectivity index (χ4n) is 1.61. The molecule has 1 rings (SSSR count). The Morgan fingerprint density at radius 2 is 2.10 bits per heavy atom. The smallest absolute Gasteiger partial charge is 0.339 e. The van der Waals surface area contributed by atoms with Crippen LogP contribution in [0.15, 0.2) is 35.7 Å². The van der Waals surface area contributed by atoms with Gasteiger partial charge in [0.2, 0.25) is 10.0 Å². The van der Waals surface area contributed by atoms with Crippen molar-refractivity contribution in [1.82, 2.24) is 4.31 Å². The molecule has 0 amide bonds. The van der Waals surface area contributed by atoms with Crippen molar-refractivity contribution in [2.75, 3.05) is 13.6 Å². The Morgan fingerprint density at radius 3 is 2.65 bits per heavy atom. The second-order valence-corrected chi connectivity index (χ2v) is 6.29. The molecule has 0 atom stereocenters. The lowest BCUT2D eigenvalue weighted by atomic mass is 10.2. The molecule has 6 nitrogen and oxygen atoms in total. The summed E-state index contributed by atoms with van der Waals surface area (Å²) in [4.78, 5) is 10.7. The van der Waals surface area contributed by atoms with Crippen LogP contribution in [0.3, 0.4) is 0 Å². The number of unbranched alkanes of at least 4 members (excludes halogenated alkanes) is 1. The van der Waals surface area contributed by atoms with Crippen LogP contribution in [0.1, 0.15) is 23.2 Å². The number of carboxylic acids is 1. The lowest BCUT2D eigenvalue weighted by Crippen LogP contribution is -2.28. The van der Waals surface area contributed by atoms with Gasteiger partial charge in [0.25, 0.3) is 0 Å². The number of aromatic hydroxyl groups is 1. The highest BCUT2D eigenvalue weighted by Crippen LogP contribution is 2.23. The molecule has 0 heterocycles. The summed E-state index contributed by atoms with van der Waals surface area (Å²) in [6.07, 6.45) is 3.02. The number of hydrogen-bond donors (Lipinski definition) is 2.